The fourth-order valence-electron chi connectivity index (χ4n) is 1.06. The highest BCUT2D eigenvalue weighted by Gasteiger charge is 2.30. The number of alkyl halides is 3. The number of nitrogens with one attached hydrogen (secondary N) is 1. The highest BCUT2D eigenvalue weighted by Crippen LogP contribution is 2.22. The van der Waals surface area contributed by atoms with Crippen molar-refractivity contribution in [2.45, 2.75) is 12.9 Å². The van der Waals surface area contributed by atoms with E-state index in [2.05, 4.69) is 10.2 Å². The third-order valence-electron chi connectivity index (χ3n) is 1.76. The molecule has 1 rings (SSSR count). The van der Waals surface area contributed by atoms with Crippen LogP contribution < -0.4 is 10.2 Å². The monoisotopic (exact) mass is 234 g/mol. The van der Waals surface area contributed by atoms with Crippen molar-refractivity contribution in [1.82, 2.24) is 10.4 Å². The molecule has 1 aromatic carbocycles. The van der Waals surface area contributed by atoms with Crippen molar-refractivity contribution in [3.63, 3.8) is 0 Å². The largest absolute Gasteiger partial charge is 0.573 e. The van der Waals surface area contributed by atoms with E-state index in [0.717, 1.165) is 5.56 Å². The van der Waals surface area contributed by atoms with Crippen LogP contribution in [0.3, 0.4) is 0 Å². The lowest BCUT2D eigenvalue weighted by Crippen LogP contribution is -2.29. The summed E-state index contributed by atoms with van der Waals surface area (Å²) in [4.78, 5) is 0. The molecule has 0 saturated heterocycles. The Morgan fingerprint density at radius 3 is 2.19 bits per heavy atom. The van der Waals surface area contributed by atoms with Gasteiger partial charge in [-0.25, -0.2) is 0 Å². The molecule has 1 N–H and O–H groups in total. The Bertz CT molecular complexity index is 322. The zero-order chi connectivity index (χ0) is 12.2. The molecule has 0 aliphatic rings. The van der Waals surface area contributed by atoms with Crippen LogP contribution in [0, 0.1) is 0 Å². The Morgan fingerprint density at radius 2 is 1.75 bits per heavy atom. The van der Waals surface area contributed by atoms with Gasteiger partial charge in [0.1, 0.15) is 5.75 Å². The molecule has 0 aliphatic heterocycles. The number of hydrazine groups is 1. The van der Waals surface area contributed by atoms with Gasteiger partial charge in [-0.1, -0.05) is 12.1 Å². The smallest absolute Gasteiger partial charge is 0.406 e. The molecule has 0 amide bonds. The predicted molar refractivity (Wildman–Crippen MR) is 53.7 cm³/mol. The van der Waals surface area contributed by atoms with E-state index in [1.54, 1.807) is 17.1 Å². The summed E-state index contributed by atoms with van der Waals surface area (Å²) in [5.41, 5.74) is 3.88. The number of benzene rings is 1. The molecule has 0 atom stereocenters. The first kappa shape index (κ1) is 12.8. The normalized spacial score (nSPS) is 11.9. The average Bonchev–Trinajstić information content (AvgIpc) is 2.14. The van der Waals surface area contributed by atoms with E-state index in [1.807, 2.05) is 14.1 Å². The van der Waals surface area contributed by atoms with Crippen molar-refractivity contribution in [1.29, 1.82) is 0 Å². The topological polar surface area (TPSA) is 24.5 Å². The van der Waals surface area contributed by atoms with Gasteiger partial charge in [0.05, 0.1) is 0 Å². The molecule has 0 fully saturated rings. The van der Waals surface area contributed by atoms with E-state index in [9.17, 15) is 13.2 Å². The van der Waals surface area contributed by atoms with Crippen LogP contribution in [0.4, 0.5) is 13.2 Å². The Kier molecular flexibility index (Phi) is 4.14. The van der Waals surface area contributed by atoms with Gasteiger partial charge in [0.25, 0.3) is 0 Å². The van der Waals surface area contributed by atoms with Crippen molar-refractivity contribution in [2.24, 2.45) is 0 Å². The van der Waals surface area contributed by atoms with E-state index in [4.69, 9.17) is 0 Å². The lowest BCUT2D eigenvalue weighted by atomic mass is 10.2. The molecule has 0 saturated carbocycles. The van der Waals surface area contributed by atoms with E-state index in [0.29, 0.717) is 6.54 Å². The van der Waals surface area contributed by atoms with Crippen LogP contribution in [-0.2, 0) is 6.54 Å². The molecular formula is C10H13F3N2O. The second-order valence-corrected chi connectivity index (χ2v) is 3.42. The summed E-state index contributed by atoms with van der Waals surface area (Å²) in [6, 6.07) is 5.75. The van der Waals surface area contributed by atoms with Gasteiger partial charge >= 0.3 is 6.36 Å². The molecule has 3 nitrogen and oxygen atoms in total. The molecule has 0 unspecified atom stereocenters. The van der Waals surface area contributed by atoms with E-state index in [1.165, 1.54) is 12.1 Å². The Balaban J connectivity index is 2.54. The van der Waals surface area contributed by atoms with Crippen LogP contribution in [0.15, 0.2) is 24.3 Å². The lowest BCUT2D eigenvalue weighted by molar-refractivity contribution is -0.274. The van der Waals surface area contributed by atoms with Gasteiger partial charge in [-0.3, -0.25) is 10.4 Å². The average molecular weight is 234 g/mol. The summed E-state index contributed by atoms with van der Waals surface area (Å²) in [6.45, 7) is 0.555. The maximum atomic E-state index is 11.9. The fraction of sp³-hybridized carbons (Fsp3) is 0.400. The van der Waals surface area contributed by atoms with Gasteiger partial charge in [-0.2, -0.15) is 0 Å². The van der Waals surface area contributed by atoms with E-state index >= 15 is 0 Å². The number of halogens is 3. The standard InChI is InChI=1S/C10H13F3N2O/c1-15(2)14-7-8-3-5-9(6-4-8)16-10(11,12)13/h3-6,14H,7H2,1-2H3. The van der Waals surface area contributed by atoms with Crippen molar-refractivity contribution < 1.29 is 17.9 Å². The SMILES string of the molecule is CN(C)NCc1ccc(OC(F)(F)F)cc1. The zero-order valence-corrected chi connectivity index (χ0v) is 9.01. The highest BCUT2D eigenvalue weighted by atomic mass is 19.4. The quantitative estimate of drug-likeness (QED) is 0.808. The fourth-order valence-corrected chi connectivity index (χ4v) is 1.06. The number of nitrogens with zero attached hydrogens (tertiary/aromatic N) is 1. The first-order valence-electron chi connectivity index (χ1n) is 4.62. The summed E-state index contributed by atoms with van der Waals surface area (Å²) in [5.74, 6) is -0.207. The number of rotatable bonds is 4. The van der Waals surface area contributed by atoms with E-state index < -0.39 is 6.36 Å². The molecule has 16 heavy (non-hydrogen) atoms. The Morgan fingerprint density at radius 1 is 1.19 bits per heavy atom. The summed E-state index contributed by atoms with van der Waals surface area (Å²) in [5, 5.41) is 1.76. The van der Waals surface area contributed by atoms with Gasteiger partial charge in [0.2, 0.25) is 0 Å². The van der Waals surface area contributed by atoms with Gasteiger partial charge in [-0.05, 0) is 17.7 Å². The third kappa shape index (κ3) is 4.99. The van der Waals surface area contributed by atoms with Crippen LogP contribution in [0.25, 0.3) is 0 Å². The van der Waals surface area contributed by atoms with Crippen molar-refractivity contribution in [3.8, 4) is 5.75 Å². The summed E-state index contributed by atoms with van der Waals surface area (Å²) in [7, 11) is 3.67. The van der Waals surface area contributed by atoms with Gasteiger partial charge in [-0.15, -0.1) is 13.2 Å². The van der Waals surface area contributed by atoms with Crippen molar-refractivity contribution in [3.05, 3.63) is 29.8 Å². The molecule has 0 heterocycles. The molecule has 0 bridgehead atoms. The second-order valence-electron chi connectivity index (χ2n) is 3.42. The van der Waals surface area contributed by atoms with Gasteiger partial charge < -0.3 is 4.74 Å². The molecule has 6 heteroatoms. The van der Waals surface area contributed by atoms with Crippen LogP contribution in [0.5, 0.6) is 5.75 Å². The molecule has 1 aromatic rings. The first-order chi connectivity index (χ1) is 7.37. The third-order valence-corrected chi connectivity index (χ3v) is 1.76. The predicted octanol–water partition coefficient (Wildman–Crippen LogP) is 2.15. The molecule has 90 valence electrons. The molecule has 0 spiro atoms. The van der Waals surface area contributed by atoms with Crippen LogP contribution in [0.1, 0.15) is 5.56 Å². The van der Waals surface area contributed by atoms with Gasteiger partial charge in [0.15, 0.2) is 0 Å². The molecule has 0 radical (unpaired) electrons. The van der Waals surface area contributed by atoms with Gasteiger partial charge in [0, 0.05) is 20.6 Å². The molecule has 0 aliphatic carbocycles. The minimum absolute atomic E-state index is 0.207. The number of ether oxygens (including phenoxy) is 1. The second kappa shape index (κ2) is 5.18. The Hall–Kier alpha value is -1.27. The van der Waals surface area contributed by atoms with Crippen LogP contribution >= 0.6 is 0 Å². The number of hydrogen-bond acceptors (Lipinski definition) is 3. The summed E-state index contributed by atoms with van der Waals surface area (Å²) < 4.78 is 39.3. The van der Waals surface area contributed by atoms with Crippen LogP contribution in [-0.4, -0.2) is 25.5 Å². The summed E-state index contributed by atoms with van der Waals surface area (Å²) in [6.07, 6.45) is -4.64. The van der Waals surface area contributed by atoms with E-state index in [-0.39, 0.29) is 5.75 Å². The highest BCUT2D eigenvalue weighted by molar-refractivity contribution is 5.27. The molecule has 0 aromatic heterocycles. The number of hydrogen-bond donors (Lipinski definition) is 1. The Labute approximate surface area is 91.8 Å². The zero-order valence-electron chi connectivity index (χ0n) is 9.01. The summed E-state index contributed by atoms with van der Waals surface area (Å²) >= 11 is 0. The maximum Gasteiger partial charge on any atom is 0.573 e. The van der Waals surface area contributed by atoms with Crippen LogP contribution in [0.2, 0.25) is 0 Å². The molecular weight excluding hydrogens is 221 g/mol. The maximum absolute atomic E-state index is 11.9. The van der Waals surface area contributed by atoms with Crippen molar-refractivity contribution >= 4 is 0 Å². The van der Waals surface area contributed by atoms with Crippen molar-refractivity contribution in [2.75, 3.05) is 14.1 Å². The lowest BCUT2D eigenvalue weighted by Gasteiger charge is -2.12. The minimum atomic E-state index is -4.64. The first-order valence-corrected chi connectivity index (χ1v) is 4.62. The minimum Gasteiger partial charge on any atom is -0.406 e.